The second kappa shape index (κ2) is 13.3. The average molecular weight is 546 g/mol. The molecule has 206 valence electrons. The van der Waals surface area contributed by atoms with Crippen LogP contribution in [0.1, 0.15) is 23.6 Å². The zero-order valence-electron chi connectivity index (χ0n) is 22.8. The molecule has 8 heteroatoms. The summed E-state index contributed by atoms with van der Waals surface area (Å²) in [6.07, 6.45) is 0. The maximum atomic E-state index is 12.4. The Balaban J connectivity index is 1.35. The van der Waals surface area contributed by atoms with E-state index in [9.17, 15) is 9.90 Å². The molecule has 0 saturated carbocycles. The Labute approximate surface area is 238 Å². The van der Waals surface area contributed by atoms with Crippen molar-refractivity contribution < 1.29 is 14.7 Å². The van der Waals surface area contributed by atoms with Crippen molar-refractivity contribution in [2.75, 3.05) is 6.61 Å². The zero-order chi connectivity index (χ0) is 28.4. The van der Waals surface area contributed by atoms with Crippen LogP contribution in [-0.4, -0.2) is 32.8 Å². The number of carbonyl (C=O) groups is 1. The molecule has 8 nitrogen and oxygen atoms in total. The molecule has 0 aliphatic heterocycles. The fraction of sp³-hybridized carbons (Fsp3) is 0.152. The van der Waals surface area contributed by atoms with Crippen molar-refractivity contribution in [3.05, 3.63) is 132 Å². The van der Waals surface area contributed by atoms with Gasteiger partial charge in [0.25, 0.3) is 0 Å². The molecule has 0 atom stereocenters. The van der Waals surface area contributed by atoms with Gasteiger partial charge in [-0.15, -0.1) is 10.2 Å². The van der Waals surface area contributed by atoms with Gasteiger partial charge < -0.3 is 9.94 Å². The second-order valence-electron chi connectivity index (χ2n) is 9.63. The van der Waals surface area contributed by atoms with Crippen molar-refractivity contribution >= 4 is 28.2 Å². The van der Waals surface area contributed by atoms with Crippen LogP contribution < -0.4 is 0 Å². The van der Waals surface area contributed by atoms with Crippen LogP contribution in [0, 0.1) is 0 Å². The first kappa shape index (κ1) is 27.5. The number of carbonyl (C=O) groups excluding carboxylic acids is 1. The third kappa shape index (κ3) is 7.12. The first-order chi connectivity index (χ1) is 20.1. The first-order valence-corrected chi connectivity index (χ1v) is 13.4. The number of amides is 1. The lowest BCUT2D eigenvalue weighted by Gasteiger charge is -2.24. The van der Waals surface area contributed by atoms with E-state index in [2.05, 4.69) is 44.5 Å². The summed E-state index contributed by atoms with van der Waals surface area (Å²) in [7, 11) is 0. The van der Waals surface area contributed by atoms with Crippen LogP contribution in [0.5, 0.6) is 5.88 Å². The Bertz CT molecular complexity index is 1610. The topological polar surface area (TPSA) is 91.8 Å². The summed E-state index contributed by atoms with van der Waals surface area (Å²) in [5.74, 6) is -0.673. The number of fused-ring (bicyclic) bond motifs is 1. The van der Waals surface area contributed by atoms with Crippen molar-refractivity contribution in [2.45, 2.75) is 26.7 Å². The molecular formula is C33H31N5O3. The molecule has 0 aliphatic rings. The highest BCUT2D eigenvalue weighted by Crippen LogP contribution is 2.39. The predicted molar refractivity (Wildman–Crippen MR) is 160 cm³/mol. The van der Waals surface area contributed by atoms with Gasteiger partial charge in [-0.25, -0.2) is 0 Å². The van der Waals surface area contributed by atoms with Gasteiger partial charge in [0.2, 0.25) is 5.88 Å². The molecule has 0 saturated heterocycles. The Morgan fingerprint density at radius 1 is 0.805 bits per heavy atom. The minimum atomic E-state index is -0.611. The average Bonchev–Trinajstić information content (AvgIpc) is 3.27. The molecule has 0 unspecified atom stereocenters. The lowest BCUT2D eigenvalue weighted by Crippen LogP contribution is -2.25. The van der Waals surface area contributed by atoms with E-state index in [0.29, 0.717) is 30.9 Å². The molecular weight excluding hydrogens is 514 g/mol. The predicted octanol–water partition coefficient (Wildman–Crippen LogP) is 7.06. The van der Waals surface area contributed by atoms with E-state index in [1.807, 2.05) is 91.0 Å². The van der Waals surface area contributed by atoms with E-state index < -0.39 is 5.91 Å². The number of azo groups is 1. The zero-order valence-corrected chi connectivity index (χ0v) is 22.8. The van der Waals surface area contributed by atoms with E-state index in [1.54, 1.807) is 11.5 Å². The minimum Gasteiger partial charge on any atom is -0.493 e. The third-order valence-electron chi connectivity index (χ3n) is 6.60. The summed E-state index contributed by atoms with van der Waals surface area (Å²) in [5.41, 5.74) is 4.89. The molecule has 0 bridgehead atoms. The molecule has 1 aromatic heterocycles. The highest BCUT2D eigenvalue weighted by Gasteiger charge is 2.19. The minimum absolute atomic E-state index is 0.0623. The highest BCUT2D eigenvalue weighted by atomic mass is 16.6. The number of aromatic nitrogens is 1. The fourth-order valence-electron chi connectivity index (χ4n) is 4.60. The smallest absolute Gasteiger partial charge is 0.304 e. The number of nitrogens with zero attached hydrogens (tertiary/aromatic N) is 5. The van der Waals surface area contributed by atoms with Gasteiger partial charge in [0.05, 0.1) is 17.9 Å². The summed E-state index contributed by atoms with van der Waals surface area (Å²) < 4.78 is 1.80. The van der Waals surface area contributed by atoms with Crippen molar-refractivity contribution in [1.29, 1.82) is 0 Å². The van der Waals surface area contributed by atoms with E-state index in [0.717, 1.165) is 22.2 Å². The molecule has 0 spiro atoms. The van der Waals surface area contributed by atoms with E-state index >= 15 is 0 Å². The van der Waals surface area contributed by atoms with Crippen molar-refractivity contribution in [1.82, 2.24) is 9.47 Å². The number of hydrogen-bond donors (Lipinski definition) is 1. The van der Waals surface area contributed by atoms with Crippen LogP contribution in [0.15, 0.2) is 131 Å². The molecule has 0 fully saturated rings. The third-order valence-corrected chi connectivity index (χ3v) is 6.60. The first-order valence-electron chi connectivity index (χ1n) is 13.4. The maximum absolute atomic E-state index is 12.4. The fourth-order valence-corrected chi connectivity index (χ4v) is 4.60. The highest BCUT2D eigenvalue weighted by molar-refractivity contribution is 5.98. The van der Waals surface area contributed by atoms with Crippen molar-refractivity contribution in [3.63, 3.8) is 0 Å². The van der Waals surface area contributed by atoms with Gasteiger partial charge in [-0.3, -0.25) is 14.3 Å². The number of hydrogen-bond acceptors (Lipinski definition) is 6. The van der Waals surface area contributed by atoms with Crippen LogP contribution in [0.4, 0.5) is 5.69 Å². The summed E-state index contributed by atoms with van der Waals surface area (Å²) in [6, 6.07) is 37.5. The summed E-state index contributed by atoms with van der Waals surface area (Å²) in [6.45, 7) is 3.19. The monoisotopic (exact) mass is 545 g/mol. The number of aromatic hydroxyl groups is 1. The van der Waals surface area contributed by atoms with Gasteiger partial charge in [-0.05, 0) is 29.7 Å². The van der Waals surface area contributed by atoms with Crippen LogP contribution in [-0.2, 0) is 29.4 Å². The largest absolute Gasteiger partial charge is 0.493 e. The Hall–Kier alpha value is -5.08. The SMILES string of the molecule is C/C(=N\OCC(=O)N=Nc1c(O)n(CN(Cc2ccccc2)Cc2ccccc2)c2ccccc12)c1ccccc1. The van der Waals surface area contributed by atoms with Crippen LogP contribution in [0.2, 0.25) is 0 Å². The molecule has 1 N–H and O–H groups in total. The molecule has 1 amide bonds. The molecule has 5 rings (SSSR count). The van der Waals surface area contributed by atoms with Crippen LogP contribution in [0.3, 0.4) is 0 Å². The number of para-hydroxylation sites is 1. The van der Waals surface area contributed by atoms with Gasteiger partial charge in [-0.2, -0.15) is 0 Å². The van der Waals surface area contributed by atoms with Gasteiger partial charge in [0, 0.05) is 18.5 Å². The Kier molecular flexibility index (Phi) is 8.93. The normalized spacial score (nSPS) is 11.9. The standard InChI is InChI=1S/C33H31N5O3/c1-25(28-17-9-4-10-18-28)36-41-23-31(39)34-35-32-29-19-11-12-20-30(29)38(33(32)40)24-37(21-26-13-5-2-6-14-26)22-27-15-7-3-8-16-27/h2-20,40H,21-24H2,1H3/b35-34?,36-25+. The molecule has 5 aromatic rings. The second-order valence-corrected chi connectivity index (χ2v) is 9.63. The number of rotatable bonds is 11. The molecule has 41 heavy (non-hydrogen) atoms. The van der Waals surface area contributed by atoms with Crippen molar-refractivity contribution in [3.8, 4) is 5.88 Å². The Morgan fingerprint density at radius 3 is 2.00 bits per heavy atom. The summed E-state index contributed by atoms with van der Waals surface area (Å²) in [5, 5.41) is 23.9. The van der Waals surface area contributed by atoms with E-state index in [1.165, 1.54) is 0 Å². The van der Waals surface area contributed by atoms with Crippen LogP contribution >= 0.6 is 0 Å². The van der Waals surface area contributed by atoms with Crippen molar-refractivity contribution in [2.24, 2.45) is 15.4 Å². The quantitative estimate of drug-likeness (QED) is 0.109. The Morgan fingerprint density at radius 2 is 1.37 bits per heavy atom. The molecule has 0 aliphatic carbocycles. The number of benzene rings is 4. The van der Waals surface area contributed by atoms with Gasteiger partial charge >= 0.3 is 5.91 Å². The maximum Gasteiger partial charge on any atom is 0.304 e. The summed E-state index contributed by atoms with van der Waals surface area (Å²) in [4.78, 5) is 19.9. The van der Waals surface area contributed by atoms with Gasteiger partial charge in [0.15, 0.2) is 12.3 Å². The number of oxime groups is 1. The lowest BCUT2D eigenvalue weighted by atomic mass is 10.1. The molecule has 0 radical (unpaired) electrons. The van der Waals surface area contributed by atoms with Gasteiger partial charge in [-0.1, -0.05) is 114 Å². The molecule has 4 aromatic carbocycles. The lowest BCUT2D eigenvalue weighted by molar-refractivity contribution is -0.122. The van der Waals surface area contributed by atoms with E-state index in [4.69, 9.17) is 4.84 Å². The summed E-state index contributed by atoms with van der Waals surface area (Å²) >= 11 is 0. The molecule has 1 heterocycles. The van der Waals surface area contributed by atoms with Gasteiger partial charge in [0.1, 0.15) is 0 Å². The van der Waals surface area contributed by atoms with Crippen LogP contribution in [0.25, 0.3) is 10.9 Å². The van der Waals surface area contributed by atoms with E-state index in [-0.39, 0.29) is 18.2 Å².